The molecule has 2 heterocycles. The lowest BCUT2D eigenvalue weighted by Gasteiger charge is -2.17. The molecule has 0 saturated heterocycles. The minimum Gasteiger partial charge on any atom is -0.246 e. The van der Waals surface area contributed by atoms with E-state index in [1.165, 1.54) is 22.1 Å². The highest BCUT2D eigenvalue weighted by Gasteiger charge is 2.18. The Hall–Kier alpha value is -7.49. The highest BCUT2D eigenvalue weighted by atomic mass is 14.9. The molecule has 0 atom stereocenters. The Kier molecular flexibility index (Phi) is 8.51. The van der Waals surface area contributed by atoms with E-state index >= 15 is 0 Å². The highest BCUT2D eigenvalue weighted by Crippen LogP contribution is 2.42. The summed E-state index contributed by atoms with van der Waals surface area (Å²) in [6.45, 7) is 0. The van der Waals surface area contributed by atoms with E-state index in [2.05, 4.69) is 176 Å². The first-order chi connectivity index (χ1) is 27.8. The van der Waals surface area contributed by atoms with Crippen LogP contribution in [0.25, 0.3) is 100 Å². The van der Waals surface area contributed by atoms with Gasteiger partial charge in [0.1, 0.15) is 0 Å². The number of hydrogen-bond acceptors (Lipinski definition) is 3. The van der Waals surface area contributed by atoms with Crippen molar-refractivity contribution in [3.05, 3.63) is 212 Å². The minimum atomic E-state index is 0.703. The fourth-order valence-electron chi connectivity index (χ4n) is 7.75. The average Bonchev–Trinajstić information content (AvgIpc) is 3.29. The predicted molar refractivity (Wildman–Crippen MR) is 233 cm³/mol. The number of para-hydroxylation sites is 1. The maximum Gasteiger partial charge on any atom is 0.160 e. The van der Waals surface area contributed by atoms with Gasteiger partial charge < -0.3 is 0 Å². The first-order valence-corrected chi connectivity index (χ1v) is 18.9. The smallest absolute Gasteiger partial charge is 0.160 e. The van der Waals surface area contributed by atoms with Crippen molar-refractivity contribution >= 4 is 21.7 Å². The van der Waals surface area contributed by atoms with Gasteiger partial charge in [-0.1, -0.05) is 200 Å². The van der Waals surface area contributed by atoms with Gasteiger partial charge in [-0.3, -0.25) is 0 Å². The molecular formula is C53H35N3. The molecule has 0 N–H and O–H groups in total. The van der Waals surface area contributed by atoms with Gasteiger partial charge in [0.15, 0.2) is 5.82 Å². The lowest BCUT2D eigenvalue weighted by molar-refractivity contribution is 1.18. The molecule has 0 amide bonds. The lowest BCUT2D eigenvalue weighted by Crippen LogP contribution is -1.96. The van der Waals surface area contributed by atoms with Crippen molar-refractivity contribution < 1.29 is 0 Å². The quantitative estimate of drug-likeness (QED) is 0.154. The van der Waals surface area contributed by atoms with Crippen LogP contribution in [0.15, 0.2) is 212 Å². The number of nitrogens with zero attached hydrogens (tertiary/aromatic N) is 3. The van der Waals surface area contributed by atoms with Crippen LogP contribution in [0.3, 0.4) is 0 Å². The maximum atomic E-state index is 5.57. The molecule has 3 nitrogen and oxygen atoms in total. The molecule has 10 rings (SSSR count). The van der Waals surface area contributed by atoms with Crippen LogP contribution >= 0.6 is 0 Å². The Balaban J connectivity index is 1.15. The van der Waals surface area contributed by atoms with Gasteiger partial charge in [0.05, 0.1) is 22.6 Å². The largest absolute Gasteiger partial charge is 0.246 e. The van der Waals surface area contributed by atoms with Crippen molar-refractivity contribution in [2.75, 3.05) is 0 Å². The molecule has 3 heteroatoms. The van der Waals surface area contributed by atoms with E-state index in [9.17, 15) is 0 Å². The van der Waals surface area contributed by atoms with Crippen molar-refractivity contribution in [2.24, 2.45) is 0 Å². The number of benzene rings is 8. The number of pyridine rings is 1. The van der Waals surface area contributed by atoms with E-state index in [4.69, 9.17) is 15.0 Å². The topological polar surface area (TPSA) is 38.7 Å². The second-order valence-electron chi connectivity index (χ2n) is 14.0. The summed E-state index contributed by atoms with van der Waals surface area (Å²) in [5.74, 6) is 0.703. The highest BCUT2D eigenvalue weighted by molar-refractivity contribution is 6.19. The molecule has 0 bridgehead atoms. The Labute approximate surface area is 326 Å². The predicted octanol–water partition coefficient (Wildman–Crippen LogP) is 13.8. The number of fused-ring (bicyclic) bond motifs is 3. The third-order valence-corrected chi connectivity index (χ3v) is 10.5. The SMILES string of the molecule is c1ccc(-c2cccc(-c3nc4c(-c5ccc(-c6cc(-c7ccccc7)nc(-c7ccccc7)n6)cc5)cccc4c4c(-c5ccccc5)cccc34)c2)cc1. The number of aromatic nitrogens is 3. The van der Waals surface area contributed by atoms with Crippen molar-refractivity contribution in [3.63, 3.8) is 0 Å². The fraction of sp³-hybridized carbons (Fsp3) is 0. The van der Waals surface area contributed by atoms with E-state index < -0.39 is 0 Å². The Morgan fingerprint density at radius 3 is 1.39 bits per heavy atom. The normalized spacial score (nSPS) is 11.2. The molecule has 56 heavy (non-hydrogen) atoms. The van der Waals surface area contributed by atoms with E-state index in [0.29, 0.717) is 5.82 Å². The van der Waals surface area contributed by atoms with Crippen molar-refractivity contribution in [1.82, 2.24) is 15.0 Å². The number of hydrogen-bond donors (Lipinski definition) is 0. The summed E-state index contributed by atoms with van der Waals surface area (Å²) < 4.78 is 0. The van der Waals surface area contributed by atoms with Crippen LogP contribution in [0, 0.1) is 0 Å². The molecule has 10 aromatic rings. The van der Waals surface area contributed by atoms with Gasteiger partial charge in [0.25, 0.3) is 0 Å². The number of rotatable bonds is 7. The zero-order valence-electron chi connectivity index (χ0n) is 30.5. The summed E-state index contributed by atoms with van der Waals surface area (Å²) in [6.07, 6.45) is 0. The average molecular weight is 714 g/mol. The summed E-state index contributed by atoms with van der Waals surface area (Å²) in [7, 11) is 0. The van der Waals surface area contributed by atoms with Crippen LogP contribution in [0.5, 0.6) is 0 Å². The maximum absolute atomic E-state index is 5.57. The molecular weight excluding hydrogens is 679 g/mol. The van der Waals surface area contributed by atoms with E-state index in [1.807, 2.05) is 36.4 Å². The summed E-state index contributed by atoms with van der Waals surface area (Å²) in [5, 5.41) is 3.45. The summed E-state index contributed by atoms with van der Waals surface area (Å²) >= 11 is 0. The second kappa shape index (κ2) is 14.4. The summed E-state index contributed by atoms with van der Waals surface area (Å²) in [6, 6.07) is 74.5. The first kappa shape index (κ1) is 33.1. The van der Waals surface area contributed by atoms with Crippen LogP contribution in [0.4, 0.5) is 0 Å². The third kappa shape index (κ3) is 6.21. The fourth-order valence-corrected chi connectivity index (χ4v) is 7.75. The van der Waals surface area contributed by atoms with Gasteiger partial charge >= 0.3 is 0 Å². The van der Waals surface area contributed by atoms with E-state index in [-0.39, 0.29) is 0 Å². The molecule has 262 valence electrons. The Morgan fingerprint density at radius 1 is 0.268 bits per heavy atom. The molecule has 0 aliphatic carbocycles. The molecule has 0 spiro atoms. The molecule has 0 saturated carbocycles. The van der Waals surface area contributed by atoms with Gasteiger partial charge in [-0.05, 0) is 39.9 Å². The van der Waals surface area contributed by atoms with Crippen molar-refractivity contribution in [2.45, 2.75) is 0 Å². The van der Waals surface area contributed by atoms with Crippen LogP contribution in [0.2, 0.25) is 0 Å². The van der Waals surface area contributed by atoms with Crippen LogP contribution in [0.1, 0.15) is 0 Å². The van der Waals surface area contributed by atoms with Crippen molar-refractivity contribution in [3.8, 4) is 78.5 Å². The zero-order chi connectivity index (χ0) is 37.3. The first-order valence-electron chi connectivity index (χ1n) is 18.9. The molecule has 0 aliphatic heterocycles. The van der Waals surface area contributed by atoms with Gasteiger partial charge in [0, 0.05) is 44.0 Å². The molecule has 0 unspecified atom stereocenters. The third-order valence-electron chi connectivity index (χ3n) is 10.5. The van der Waals surface area contributed by atoms with Crippen LogP contribution in [-0.4, -0.2) is 15.0 Å². The molecule has 0 fully saturated rings. The minimum absolute atomic E-state index is 0.703. The van der Waals surface area contributed by atoms with Crippen LogP contribution in [-0.2, 0) is 0 Å². The van der Waals surface area contributed by atoms with E-state index in [0.717, 1.165) is 72.3 Å². The van der Waals surface area contributed by atoms with Crippen molar-refractivity contribution in [1.29, 1.82) is 0 Å². The second-order valence-corrected chi connectivity index (χ2v) is 14.0. The monoisotopic (exact) mass is 713 g/mol. The standard InChI is InChI=1S/C53H35N3/c1-5-16-36(17-6-1)42-24-13-25-43(34-42)51-46-28-14-26-44(37-18-7-2-8-19-37)50(46)47-29-15-27-45(52(47)56-51)38-30-32-40(33-31-38)49-35-48(39-20-9-3-10-21-39)54-53(55-49)41-22-11-4-12-23-41/h1-35H. The molecule has 0 radical (unpaired) electrons. The van der Waals surface area contributed by atoms with Gasteiger partial charge in [0.2, 0.25) is 0 Å². The van der Waals surface area contributed by atoms with Gasteiger partial charge in [-0.25, -0.2) is 15.0 Å². The Morgan fingerprint density at radius 2 is 0.732 bits per heavy atom. The van der Waals surface area contributed by atoms with E-state index in [1.54, 1.807) is 0 Å². The zero-order valence-corrected chi connectivity index (χ0v) is 30.5. The Bertz CT molecular complexity index is 2920. The van der Waals surface area contributed by atoms with Crippen LogP contribution < -0.4 is 0 Å². The van der Waals surface area contributed by atoms with Gasteiger partial charge in [-0.15, -0.1) is 0 Å². The molecule has 0 aliphatic rings. The summed E-state index contributed by atoms with van der Waals surface area (Å²) in [4.78, 5) is 15.6. The summed E-state index contributed by atoms with van der Waals surface area (Å²) in [5.41, 5.74) is 14.7. The molecule has 8 aromatic carbocycles. The molecule has 2 aromatic heterocycles. The lowest BCUT2D eigenvalue weighted by atomic mass is 9.90. The van der Waals surface area contributed by atoms with Gasteiger partial charge in [-0.2, -0.15) is 0 Å².